The minimum absolute atomic E-state index is 0.0877. The Labute approximate surface area is 113 Å². The van der Waals surface area contributed by atoms with E-state index in [2.05, 4.69) is 29.3 Å². The fourth-order valence-corrected chi connectivity index (χ4v) is 2.92. The van der Waals surface area contributed by atoms with Crippen molar-refractivity contribution in [3.05, 3.63) is 23.3 Å². The summed E-state index contributed by atoms with van der Waals surface area (Å²) in [5, 5.41) is 3.04. The summed E-state index contributed by atoms with van der Waals surface area (Å²) < 4.78 is 5.39. The zero-order valence-electron chi connectivity index (χ0n) is 11.7. The Bertz CT molecular complexity index is 531. The average Bonchev–Trinajstić information content (AvgIpc) is 2.64. The van der Waals surface area contributed by atoms with Crippen molar-refractivity contribution in [3.8, 4) is 0 Å². The van der Waals surface area contributed by atoms with Crippen molar-refractivity contribution in [3.63, 3.8) is 0 Å². The van der Waals surface area contributed by atoms with E-state index in [1.54, 1.807) is 0 Å². The molecule has 19 heavy (non-hydrogen) atoms. The lowest BCUT2D eigenvalue weighted by molar-refractivity contribution is -0.119. The highest BCUT2D eigenvalue weighted by atomic mass is 16.5. The fraction of sp³-hybridized carbons (Fsp3) is 0.533. The Morgan fingerprint density at radius 1 is 1.26 bits per heavy atom. The molecule has 0 radical (unpaired) electrons. The summed E-state index contributed by atoms with van der Waals surface area (Å²) in [5.41, 5.74) is 4.05. The summed E-state index contributed by atoms with van der Waals surface area (Å²) in [4.78, 5) is 14.4. The van der Waals surface area contributed by atoms with E-state index >= 15 is 0 Å². The lowest BCUT2D eigenvalue weighted by Crippen LogP contribution is -2.36. The van der Waals surface area contributed by atoms with Gasteiger partial charge in [-0.3, -0.25) is 4.79 Å². The third-order valence-electron chi connectivity index (χ3n) is 4.27. The second kappa shape index (κ2) is 4.23. The number of morpholine rings is 1. The number of anilines is 2. The SMILES string of the molecule is Cc1c(N2CCOCC2)ccc2c1NC(=O)C2(C)C. The van der Waals surface area contributed by atoms with Crippen LogP contribution in [0.15, 0.2) is 12.1 Å². The molecular weight excluding hydrogens is 240 g/mol. The molecule has 2 aliphatic rings. The van der Waals surface area contributed by atoms with Gasteiger partial charge in [-0.05, 0) is 38.0 Å². The quantitative estimate of drug-likeness (QED) is 0.840. The molecule has 2 heterocycles. The molecule has 4 nitrogen and oxygen atoms in total. The first-order valence-corrected chi connectivity index (χ1v) is 6.80. The van der Waals surface area contributed by atoms with Gasteiger partial charge in [-0.15, -0.1) is 0 Å². The zero-order chi connectivity index (χ0) is 13.6. The molecule has 0 aliphatic carbocycles. The van der Waals surface area contributed by atoms with Gasteiger partial charge in [0.2, 0.25) is 5.91 Å². The first kappa shape index (κ1) is 12.5. The van der Waals surface area contributed by atoms with Crippen molar-refractivity contribution >= 4 is 17.3 Å². The lowest BCUT2D eigenvalue weighted by Gasteiger charge is -2.31. The summed E-state index contributed by atoms with van der Waals surface area (Å²) in [5.74, 6) is 0.0877. The van der Waals surface area contributed by atoms with Gasteiger partial charge >= 0.3 is 0 Å². The predicted molar refractivity (Wildman–Crippen MR) is 75.9 cm³/mol. The van der Waals surface area contributed by atoms with Crippen LogP contribution < -0.4 is 10.2 Å². The molecule has 102 valence electrons. The average molecular weight is 260 g/mol. The van der Waals surface area contributed by atoms with Crippen LogP contribution in [-0.2, 0) is 14.9 Å². The number of hydrogen-bond donors (Lipinski definition) is 1. The van der Waals surface area contributed by atoms with Gasteiger partial charge in [0.1, 0.15) is 0 Å². The largest absolute Gasteiger partial charge is 0.378 e. The van der Waals surface area contributed by atoms with Crippen molar-refractivity contribution < 1.29 is 9.53 Å². The van der Waals surface area contributed by atoms with Gasteiger partial charge in [0.15, 0.2) is 0 Å². The van der Waals surface area contributed by atoms with E-state index in [-0.39, 0.29) is 5.91 Å². The molecule has 0 spiro atoms. The molecule has 0 unspecified atom stereocenters. The second-order valence-electron chi connectivity index (χ2n) is 5.81. The van der Waals surface area contributed by atoms with Gasteiger partial charge in [-0.1, -0.05) is 6.07 Å². The molecule has 4 heteroatoms. The fourth-order valence-electron chi connectivity index (χ4n) is 2.92. The van der Waals surface area contributed by atoms with Crippen molar-refractivity contribution in [2.75, 3.05) is 36.5 Å². The molecule has 0 bridgehead atoms. The first-order valence-electron chi connectivity index (χ1n) is 6.80. The Kier molecular flexibility index (Phi) is 2.78. The maximum absolute atomic E-state index is 12.0. The summed E-state index contributed by atoms with van der Waals surface area (Å²) in [6.07, 6.45) is 0. The normalized spacial score (nSPS) is 21.2. The second-order valence-corrected chi connectivity index (χ2v) is 5.81. The van der Waals surface area contributed by atoms with E-state index in [1.807, 2.05) is 13.8 Å². The summed E-state index contributed by atoms with van der Waals surface area (Å²) in [7, 11) is 0. The van der Waals surface area contributed by atoms with Gasteiger partial charge in [-0.25, -0.2) is 0 Å². The predicted octanol–water partition coefficient (Wildman–Crippen LogP) is 2.06. The molecule has 2 aliphatic heterocycles. The molecule has 1 saturated heterocycles. The number of carbonyl (C=O) groups excluding carboxylic acids is 1. The number of fused-ring (bicyclic) bond motifs is 1. The van der Waals surface area contributed by atoms with E-state index in [1.165, 1.54) is 11.3 Å². The number of ether oxygens (including phenoxy) is 1. The van der Waals surface area contributed by atoms with Crippen LogP contribution in [0.3, 0.4) is 0 Å². The third kappa shape index (κ3) is 1.82. The number of rotatable bonds is 1. The summed E-state index contributed by atoms with van der Waals surface area (Å²) in [6.45, 7) is 9.41. The number of nitrogens with one attached hydrogen (secondary N) is 1. The first-order chi connectivity index (χ1) is 9.01. The van der Waals surface area contributed by atoms with E-state index in [0.29, 0.717) is 0 Å². The van der Waals surface area contributed by atoms with Crippen LogP contribution in [0.1, 0.15) is 25.0 Å². The topological polar surface area (TPSA) is 41.6 Å². The minimum atomic E-state index is -0.427. The summed E-state index contributed by atoms with van der Waals surface area (Å²) in [6, 6.07) is 4.23. The molecule has 1 amide bonds. The highest BCUT2D eigenvalue weighted by molar-refractivity contribution is 6.07. The van der Waals surface area contributed by atoms with Gasteiger partial charge in [0, 0.05) is 18.8 Å². The number of benzene rings is 1. The van der Waals surface area contributed by atoms with E-state index in [9.17, 15) is 4.79 Å². The Hall–Kier alpha value is -1.55. The highest BCUT2D eigenvalue weighted by Crippen LogP contribution is 2.42. The minimum Gasteiger partial charge on any atom is -0.378 e. The molecule has 0 saturated carbocycles. The maximum Gasteiger partial charge on any atom is 0.234 e. The van der Waals surface area contributed by atoms with Crippen LogP contribution in [0.25, 0.3) is 0 Å². The molecular formula is C15H20N2O2. The Balaban J connectivity index is 2.03. The molecule has 1 aromatic carbocycles. The van der Waals surface area contributed by atoms with Crippen molar-refractivity contribution in [2.45, 2.75) is 26.2 Å². The summed E-state index contributed by atoms with van der Waals surface area (Å²) >= 11 is 0. The van der Waals surface area contributed by atoms with Gasteiger partial charge in [-0.2, -0.15) is 0 Å². The monoisotopic (exact) mass is 260 g/mol. The van der Waals surface area contributed by atoms with Gasteiger partial charge in [0.25, 0.3) is 0 Å². The Morgan fingerprint density at radius 3 is 2.63 bits per heavy atom. The van der Waals surface area contributed by atoms with Crippen LogP contribution >= 0.6 is 0 Å². The van der Waals surface area contributed by atoms with Crippen molar-refractivity contribution in [1.29, 1.82) is 0 Å². The smallest absolute Gasteiger partial charge is 0.234 e. The lowest BCUT2D eigenvalue weighted by atomic mass is 9.85. The molecule has 0 aromatic heterocycles. The zero-order valence-corrected chi connectivity index (χ0v) is 11.7. The molecule has 3 rings (SSSR count). The Morgan fingerprint density at radius 2 is 1.95 bits per heavy atom. The number of nitrogens with zero attached hydrogens (tertiary/aromatic N) is 1. The molecule has 1 aromatic rings. The van der Waals surface area contributed by atoms with Crippen molar-refractivity contribution in [1.82, 2.24) is 0 Å². The number of hydrogen-bond acceptors (Lipinski definition) is 3. The highest BCUT2D eigenvalue weighted by Gasteiger charge is 2.39. The van der Waals surface area contributed by atoms with Gasteiger partial charge in [0.05, 0.1) is 24.3 Å². The van der Waals surface area contributed by atoms with Crippen LogP contribution in [0.4, 0.5) is 11.4 Å². The number of carbonyl (C=O) groups is 1. The third-order valence-corrected chi connectivity index (χ3v) is 4.27. The van der Waals surface area contributed by atoms with Gasteiger partial charge < -0.3 is 15.0 Å². The van der Waals surface area contributed by atoms with Crippen LogP contribution in [0.5, 0.6) is 0 Å². The molecule has 1 fully saturated rings. The number of amides is 1. The molecule has 0 atom stereocenters. The van der Waals surface area contributed by atoms with E-state index in [4.69, 9.17) is 4.74 Å². The maximum atomic E-state index is 12.0. The van der Waals surface area contributed by atoms with E-state index < -0.39 is 5.41 Å². The van der Waals surface area contributed by atoms with Crippen LogP contribution in [0, 0.1) is 6.92 Å². The van der Waals surface area contributed by atoms with Crippen LogP contribution in [0.2, 0.25) is 0 Å². The van der Waals surface area contributed by atoms with Crippen LogP contribution in [-0.4, -0.2) is 32.2 Å². The molecule has 1 N–H and O–H groups in total. The van der Waals surface area contributed by atoms with E-state index in [0.717, 1.165) is 37.6 Å². The standard InChI is InChI=1S/C15H20N2O2/c1-10-12(17-6-8-19-9-7-17)5-4-11-13(10)16-14(18)15(11,2)3/h4-5H,6-9H2,1-3H3,(H,16,18). The van der Waals surface area contributed by atoms with Crippen molar-refractivity contribution in [2.24, 2.45) is 0 Å².